The molecule has 3 aromatic carbocycles. The molecule has 0 atom stereocenters. The highest BCUT2D eigenvalue weighted by molar-refractivity contribution is 7.89. The van der Waals surface area contributed by atoms with Gasteiger partial charge in [-0.05, 0) is 42.2 Å². The number of esters is 2. The van der Waals surface area contributed by atoms with Gasteiger partial charge in [0, 0.05) is 19.5 Å². The average molecular weight is 494 g/mol. The van der Waals surface area contributed by atoms with Crippen molar-refractivity contribution >= 4 is 22.0 Å². The number of rotatable bonds is 7. The Labute approximate surface area is 205 Å². The van der Waals surface area contributed by atoms with Crippen molar-refractivity contribution in [1.29, 1.82) is 0 Å². The van der Waals surface area contributed by atoms with Gasteiger partial charge in [0.1, 0.15) is 5.75 Å². The van der Waals surface area contributed by atoms with E-state index in [2.05, 4.69) is 0 Å². The lowest BCUT2D eigenvalue weighted by Crippen LogP contribution is -2.41. The van der Waals surface area contributed by atoms with Crippen LogP contribution in [0.3, 0.4) is 0 Å². The summed E-state index contributed by atoms with van der Waals surface area (Å²) >= 11 is 0. The van der Waals surface area contributed by atoms with Gasteiger partial charge in [-0.25, -0.2) is 13.2 Å². The van der Waals surface area contributed by atoms with E-state index >= 15 is 0 Å². The highest BCUT2D eigenvalue weighted by atomic mass is 32.2. The highest BCUT2D eigenvalue weighted by Gasteiger charge is 2.35. The van der Waals surface area contributed by atoms with E-state index in [0.717, 1.165) is 11.1 Å². The zero-order chi connectivity index (χ0) is 24.8. The number of hydrogen-bond acceptors (Lipinski definition) is 6. The first-order chi connectivity index (χ1) is 16.9. The van der Waals surface area contributed by atoms with Crippen LogP contribution in [0.25, 0.3) is 0 Å². The largest absolute Gasteiger partial charge is 0.465 e. The van der Waals surface area contributed by atoms with Crippen molar-refractivity contribution in [3.63, 3.8) is 0 Å². The third-order valence-electron chi connectivity index (χ3n) is 6.12. The molecular formula is C27H27NO6S. The van der Waals surface area contributed by atoms with Crippen LogP contribution >= 0.6 is 0 Å². The van der Waals surface area contributed by atoms with Crippen LogP contribution in [0, 0.1) is 5.92 Å². The van der Waals surface area contributed by atoms with E-state index in [4.69, 9.17) is 9.47 Å². The summed E-state index contributed by atoms with van der Waals surface area (Å²) in [6.45, 7) is 0.312. The number of hydrogen-bond donors (Lipinski definition) is 0. The number of para-hydroxylation sites is 1. The second-order valence-corrected chi connectivity index (χ2v) is 10.3. The number of ether oxygens (including phenoxy) is 2. The van der Waals surface area contributed by atoms with Crippen LogP contribution in [0.5, 0.6) is 5.75 Å². The molecule has 182 valence electrons. The van der Waals surface area contributed by atoms with Gasteiger partial charge in [0.15, 0.2) is 0 Å². The van der Waals surface area contributed by atoms with Crippen molar-refractivity contribution in [2.24, 2.45) is 5.92 Å². The van der Waals surface area contributed by atoms with Crippen molar-refractivity contribution in [2.45, 2.75) is 24.2 Å². The summed E-state index contributed by atoms with van der Waals surface area (Å²) in [5, 5.41) is 0. The molecule has 0 saturated carbocycles. The molecule has 0 unspecified atom stereocenters. The van der Waals surface area contributed by atoms with E-state index in [1.807, 2.05) is 48.5 Å². The van der Waals surface area contributed by atoms with Crippen molar-refractivity contribution in [3.8, 4) is 5.75 Å². The van der Waals surface area contributed by atoms with Crippen LogP contribution in [0.2, 0.25) is 0 Å². The Morgan fingerprint density at radius 2 is 1.51 bits per heavy atom. The molecule has 7 nitrogen and oxygen atoms in total. The summed E-state index contributed by atoms with van der Waals surface area (Å²) < 4.78 is 38.2. The zero-order valence-electron chi connectivity index (χ0n) is 19.4. The Balaban J connectivity index is 1.42. The normalized spacial score (nSPS) is 14.9. The molecule has 1 fully saturated rings. The maximum Gasteiger partial charge on any atom is 0.339 e. The molecule has 4 rings (SSSR count). The number of carbonyl (C=O) groups excluding carboxylic acids is 2. The first kappa shape index (κ1) is 24.6. The molecule has 1 aliphatic rings. The summed E-state index contributed by atoms with van der Waals surface area (Å²) in [5.74, 6) is -0.972. The van der Waals surface area contributed by atoms with E-state index in [0.29, 0.717) is 25.0 Å². The number of nitrogens with zero attached hydrogens (tertiary/aromatic N) is 1. The van der Waals surface area contributed by atoms with Gasteiger partial charge in [0.2, 0.25) is 10.0 Å². The quantitative estimate of drug-likeness (QED) is 0.364. The van der Waals surface area contributed by atoms with Gasteiger partial charge in [-0.15, -0.1) is 0 Å². The molecule has 1 saturated heterocycles. The molecule has 0 amide bonds. The second kappa shape index (κ2) is 10.8. The minimum atomic E-state index is -3.92. The molecule has 35 heavy (non-hydrogen) atoms. The van der Waals surface area contributed by atoms with E-state index in [1.54, 1.807) is 18.2 Å². The van der Waals surface area contributed by atoms with Crippen LogP contribution in [-0.2, 0) is 26.0 Å². The number of methoxy groups -OCH3 is 1. The Kier molecular flexibility index (Phi) is 7.63. The Morgan fingerprint density at radius 3 is 2.23 bits per heavy atom. The minimum absolute atomic E-state index is 0.00782. The summed E-state index contributed by atoms with van der Waals surface area (Å²) in [5.41, 5.74) is 2.01. The van der Waals surface area contributed by atoms with Crippen LogP contribution in [-0.4, -0.2) is 44.9 Å². The van der Waals surface area contributed by atoms with Crippen molar-refractivity contribution in [2.75, 3.05) is 20.2 Å². The fourth-order valence-electron chi connectivity index (χ4n) is 4.20. The lowest BCUT2D eigenvalue weighted by Gasteiger charge is -2.30. The van der Waals surface area contributed by atoms with Crippen molar-refractivity contribution in [3.05, 3.63) is 95.6 Å². The van der Waals surface area contributed by atoms with Gasteiger partial charge in [-0.3, -0.25) is 4.79 Å². The van der Waals surface area contributed by atoms with Crippen LogP contribution in [0.15, 0.2) is 83.8 Å². The van der Waals surface area contributed by atoms with Crippen molar-refractivity contribution in [1.82, 2.24) is 4.31 Å². The molecule has 1 heterocycles. The summed E-state index contributed by atoms with van der Waals surface area (Å²) in [6.07, 6.45) is 1.30. The van der Waals surface area contributed by atoms with E-state index in [9.17, 15) is 18.0 Å². The number of piperidine rings is 1. The molecule has 3 aromatic rings. The van der Waals surface area contributed by atoms with Gasteiger partial charge >= 0.3 is 11.9 Å². The molecule has 1 aliphatic heterocycles. The zero-order valence-corrected chi connectivity index (χ0v) is 20.2. The molecule has 0 aliphatic carbocycles. The van der Waals surface area contributed by atoms with Gasteiger partial charge in [0.25, 0.3) is 0 Å². The van der Waals surface area contributed by atoms with Crippen LogP contribution < -0.4 is 4.74 Å². The maximum atomic E-state index is 13.2. The summed E-state index contributed by atoms with van der Waals surface area (Å²) in [7, 11) is -2.71. The lowest BCUT2D eigenvalue weighted by molar-refractivity contribution is -0.140. The molecule has 0 N–H and O–H groups in total. The second-order valence-electron chi connectivity index (χ2n) is 8.36. The van der Waals surface area contributed by atoms with Gasteiger partial charge in [-0.1, -0.05) is 60.7 Å². The van der Waals surface area contributed by atoms with Gasteiger partial charge in [0.05, 0.1) is 23.5 Å². The standard InChI is InChI=1S/C27H27NO6S/c1-33-27(30)23-12-6-8-14-25(23)35(31,32)28-17-15-21(16-18-28)26(29)34-24-13-7-5-11-22(24)19-20-9-3-2-4-10-20/h2-14,21H,15-19H2,1H3. The predicted octanol–water partition coefficient (Wildman–Crippen LogP) is 4.07. The molecular weight excluding hydrogens is 466 g/mol. The van der Waals surface area contributed by atoms with Gasteiger partial charge < -0.3 is 9.47 Å². The lowest BCUT2D eigenvalue weighted by atomic mass is 9.98. The highest BCUT2D eigenvalue weighted by Crippen LogP contribution is 2.28. The predicted molar refractivity (Wildman–Crippen MR) is 131 cm³/mol. The molecule has 0 aromatic heterocycles. The van der Waals surface area contributed by atoms with Crippen molar-refractivity contribution < 1.29 is 27.5 Å². The summed E-state index contributed by atoms with van der Waals surface area (Å²) in [4.78, 5) is 24.9. The number of carbonyl (C=O) groups is 2. The molecule has 0 radical (unpaired) electrons. The third kappa shape index (κ3) is 5.61. The minimum Gasteiger partial charge on any atom is -0.465 e. The topological polar surface area (TPSA) is 90.0 Å². The average Bonchev–Trinajstić information content (AvgIpc) is 2.90. The van der Waals surface area contributed by atoms with Crippen LogP contribution in [0.4, 0.5) is 0 Å². The fraction of sp³-hybridized carbons (Fsp3) is 0.259. The van der Waals surface area contributed by atoms with Crippen LogP contribution in [0.1, 0.15) is 34.3 Å². The van der Waals surface area contributed by atoms with Gasteiger partial charge in [-0.2, -0.15) is 4.31 Å². The molecule has 0 spiro atoms. The smallest absolute Gasteiger partial charge is 0.339 e. The fourth-order valence-corrected chi connectivity index (χ4v) is 5.85. The maximum absolute atomic E-state index is 13.2. The summed E-state index contributed by atoms with van der Waals surface area (Å²) in [6, 6.07) is 23.3. The number of benzene rings is 3. The number of sulfonamides is 1. The van der Waals surface area contributed by atoms with E-state index < -0.39 is 21.9 Å². The Bertz CT molecular complexity index is 1300. The Morgan fingerprint density at radius 1 is 0.886 bits per heavy atom. The SMILES string of the molecule is COC(=O)c1ccccc1S(=O)(=O)N1CCC(C(=O)Oc2ccccc2Cc2ccccc2)CC1. The molecule has 0 bridgehead atoms. The first-order valence-corrected chi connectivity index (χ1v) is 12.8. The monoisotopic (exact) mass is 493 g/mol. The Hall–Kier alpha value is -3.49. The third-order valence-corrected chi connectivity index (χ3v) is 8.07. The molecule has 8 heteroatoms. The van der Waals surface area contributed by atoms with E-state index in [-0.39, 0.29) is 29.5 Å². The van der Waals surface area contributed by atoms with E-state index in [1.165, 1.54) is 23.5 Å². The first-order valence-electron chi connectivity index (χ1n) is 11.4.